The summed E-state index contributed by atoms with van der Waals surface area (Å²) in [7, 11) is 0. The first-order valence-electron chi connectivity index (χ1n) is 10.6. The van der Waals surface area contributed by atoms with Crippen LogP contribution in [0, 0.1) is 12.8 Å². The second-order valence-electron chi connectivity index (χ2n) is 8.32. The molecule has 5 unspecified atom stereocenters. The van der Waals surface area contributed by atoms with Crippen molar-refractivity contribution < 1.29 is 19.7 Å². The summed E-state index contributed by atoms with van der Waals surface area (Å²) in [4.78, 5) is 17.3. The molecule has 1 aliphatic carbocycles. The number of hydrogen-bond donors (Lipinski definition) is 4. The normalized spacial score (nSPS) is 31.9. The van der Waals surface area contributed by atoms with Crippen molar-refractivity contribution in [2.24, 2.45) is 5.92 Å². The van der Waals surface area contributed by atoms with Crippen molar-refractivity contribution >= 4 is 28.9 Å². The Hall–Kier alpha value is -1.78. The Balaban J connectivity index is 1.49. The number of benzene rings is 1. The zero-order chi connectivity index (χ0) is 21.3. The van der Waals surface area contributed by atoms with Gasteiger partial charge in [-0.25, -0.2) is 0 Å². The fourth-order valence-corrected chi connectivity index (χ4v) is 5.00. The zero-order valence-corrected chi connectivity index (χ0v) is 18.0. The van der Waals surface area contributed by atoms with Crippen LogP contribution in [0.3, 0.4) is 0 Å². The third kappa shape index (κ3) is 4.31. The minimum atomic E-state index is -0.985. The monoisotopic (exact) mass is 434 g/mol. The summed E-state index contributed by atoms with van der Waals surface area (Å²) in [5, 5.41) is 27.6. The summed E-state index contributed by atoms with van der Waals surface area (Å²) < 4.78 is 5.36. The maximum absolute atomic E-state index is 13.1. The second-order valence-corrected chi connectivity index (χ2v) is 8.70. The number of aliphatic hydroxyl groups excluding tert-OH is 2. The van der Waals surface area contributed by atoms with Gasteiger partial charge in [-0.3, -0.25) is 9.69 Å². The van der Waals surface area contributed by atoms with Crippen molar-refractivity contribution in [2.75, 3.05) is 44.3 Å². The Labute approximate surface area is 182 Å². The second kappa shape index (κ2) is 9.15. The first-order valence-corrected chi connectivity index (χ1v) is 11.0. The van der Waals surface area contributed by atoms with E-state index in [-0.39, 0.29) is 18.4 Å². The number of anilines is 1. The maximum atomic E-state index is 13.1. The molecule has 0 spiro atoms. The molecule has 3 fully saturated rings. The smallest absolute Gasteiger partial charge is 0.225 e. The van der Waals surface area contributed by atoms with E-state index in [0.29, 0.717) is 11.7 Å². The number of morpholine rings is 1. The summed E-state index contributed by atoms with van der Waals surface area (Å²) in [6, 6.07) is 7.07. The van der Waals surface area contributed by atoms with Crippen molar-refractivity contribution in [3.05, 3.63) is 29.8 Å². The lowest BCUT2D eigenvalue weighted by Gasteiger charge is -2.41. The van der Waals surface area contributed by atoms with Gasteiger partial charge in [0.05, 0.1) is 37.3 Å². The molecule has 4 N–H and O–H groups in total. The first-order chi connectivity index (χ1) is 14.5. The minimum absolute atomic E-state index is 0.118. The fraction of sp³-hybridized carbons (Fsp3) is 0.619. The van der Waals surface area contributed by atoms with E-state index in [9.17, 15) is 15.0 Å². The number of amides is 1. The topological polar surface area (TPSA) is 97.3 Å². The molecule has 4 rings (SSSR count). The summed E-state index contributed by atoms with van der Waals surface area (Å²) in [5.74, 6) is -0.611. The van der Waals surface area contributed by atoms with Crippen molar-refractivity contribution in [1.29, 1.82) is 0 Å². The van der Waals surface area contributed by atoms with E-state index in [1.807, 2.05) is 36.1 Å². The highest BCUT2D eigenvalue weighted by Crippen LogP contribution is 2.36. The van der Waals surface area contributed by atoms with Gasteiger partial charge in [0.25, 0.3) is 0 Å². The molecule has 0 bridgehead atoms. The van der Waals surface area contributed by atoms with Crippen LogP contribution in [0.2, 0.25) is 0 Å². The number of hydrogen-bond acceptors (Lipinski definition) is 6. The molecule has 9 heteroatoms. The summed E-state index contributed by atoms with van der Waals surface area (Å²) in [6.45, 7) is 6.49. The molecule has 2 heterocycles. The van der Waals surface area contributed by atoms with Gasteiger partial charge < -0.3 is 30.5 Å². The third-order valence-electron chi connectivity index (χ3n) is 6.32. The molecule has 3 aliphatic rings. The summed E-state index contributed by atoms with van der Waals surface area (Å²) in [6.07, 6.45) is -1.77. The van der Waals surface area contributed by atoms with Crippen LogP contribution in [0.25, 0.3) is 0 Å². The van der Waals surface area contributed by atoms with E-state index >= 15 is 0 Å². The van der Waals surface area contributed by atoms with Gasteiger partial charge in [0.15, 0.2) is 5.11 Å². The van der Waals surface area contributed by atoms with Crippen molar-refractivity contribution in [3.8, 4) is 0 Å². The van der Waals surface area contributed by atoms with Crippen LogP contribution in [-0.4, -0.2) is 89.8 Å². The molecule has 1 aromatic carbocycles. The van der Waals surface area contributed by atoms with E-state index in [2.05, 4.69) is 15.5 Å². The van der Waals surface area contributed by atoms with Gasteiger partial charge in [0.1, 0.15) is 6.10 Å². The lowest BCUT2D eigenvalue weighted by molar-refractivity contribution is -0.131. The Morgan fingerprint density at radius 2 is 1.97 bits per heavy atom. The van der Waals surface area contributed by atoms with Gasteiger partial charge in [-0.2, -0.15) is 0 Å². The number of aliphatic hydroxyl groups is 2. The van der Waals surface area contributed by atoms with Crippen molar-refractivity contribution in [3.63, 3.8) is 0 Å². The average molecular weight is 435 g/mol. The van der Waals surface area contributed by atoms with Crippen molar-refractivity contribution in [1.82, 2.24) is 15.5 Å². The molecule has 30 heavy (non-hydrogen) atoms. The molecule has 0 radical (unpaired) electrons. The van der Waals surface area contributed by atoms with Crippen LogP contribution in [0.1, 0.15) is 12.0 Å². The number of carbonyl (C=O) groups excluding carboxylic acids is 1. The van der Waals surface area contributed by atoms with Gasteiger partial charge in [0.2, 0.25) is 5.91 Å². The van der Waals surface area contributed by atoms with Gasteiger partial charge in [0, 0.05) is 31.9 Å². The number of rotatable bonds is 5. The van der Waals surface area contributed by atoms with Crippen LogP contribution in [0.15, 0.2) is 24.3 Å². The maximum Gasteiger partial charge on any atom is 0.225 e. The average Bonchev–Trinajstić information content (AvgIpc) is 3.09. The van der Waals surface area contributed by atoms with Crippen molar-refractivity contribution in [2.45, 2.75) is 37.6 Å². The Kier molecular flexibility index (Phi) is 6.54. The molecular weight excluding hydrogens is 404 g/mol. The van der Waals surface area contributed by atoms with Crippen LogP contribution in [-0.2, 0) is 9.53 Å². The van der Waals surface area contributed by atoms with E-state index in [0.717, 1.165) is 44.1 Å². The number of thiocarbonyl (C=S) groups is 1. The highest BCUT2D eigenvalue weighted by Gasteiger charge is 2.53. The van der Waals surface area contributed by atoms with Gasteiger partial charge in [-0.1, -0.05) is 17.7 Å². The Morgan fingerprint density at radius 1 is 1.27 bits per heavy atom. The summed E-state index contributed by atoms with van der Waals surface area (Å²) in [5.41, 5.74) is 2.00. The standard InChI is InChI=1S/C21H30N4O4S/c1-13-2-4-14(5-3-13)25-18-15(12-16(26)19(27)17(18)23-21(25)30)20(28)22-6-7-24-8-10-29-11-9-24/h2-5,15-19,26-27H,6-12H2,1H3,(H,22,28)(H,23,30). The van der Waals surface area contributed by atoms with Gasteiger partial charge >= 0.3 is 0 Å². The van der Waals surface area contributed by atoms with Crippen LogP contribution < -0.4 is 15.5 Å². The number of fused-ring (bicyclic) bond motifs is 1. The largest absolute Gasteiger partial charge is 0.390 e. The van der Waals surface area contributed by atoms with Crippen LogP contribution in [0.5, 0.6) is 0 Å². The highest BCUT2D eigenvalue weighted by atomic mass is 32.1. The molecule has 8 nitrogen and oxygen atoms in total. The molecule has 164 valence electrons. The minimum Gasteiger partial charge on any atom is -0.390 e. The predicted octanol–water partition coefficient (Wildman–Crippen LogP) is -0.383. The lowest BCUT2D eigenvalue weighted by atomic mass is 9.77. The Bertz CT molecular complexity index is 771. The molecular formula is C21H30N4O4S. The molecule has 2 saturated heterocycles. The summed E-state index contributed by atoms with van der Waals surface area (Å²) >= 11 is 5.55. The molecule has 2 aliphatic heterocycles. The van der Waals surface area contributed by atoms with E-state index in [1.54, 1.807) is 0 Å². The predicted molar refractivity (Wildman–Crippen MR) is 117 cm³/mol. The molecule has 5 atom stereocenters. The molecule has 1 amide bonds. The number of carbonyl (C=O) groups is 1. The quantitative estimate of drug-likeness (QED) is 0.466. The Morgan fingerprint density at radius 3 is 2.67 bits per heavy atom. The molecule has 1 saturated carbocycles. The first kappa shape index (κ1) is 21.5. The van der Waals surface area contributed by atoms with E-state index in [1.165, 1.54) is 0 Å². The lowest BCUT2D eigenvalue weighted by Crippen LogP contribution is -2.61. The van der Waals surface area contributed by atoms with Gasteiger partial charge in [-0.05, 0) is 37.7 Å². The number of nitrogens with zero attached hydrogens (tertiary/aromatic N) is 2. The number of ether oxygens (including phenoxy) is 1. The highest BCUT2D eigenvalue weighted by molar-refractivity contribution is 7.80. The number of nitrogens with one attached hydrogen (secondary N) is 2. The van der Waals surface area contributed by atoms with Gasteiger partial charge in [-0.15, -0.1) is 0 Å². The van der Waals surface area contributed by atoms with E-state index in [4.69, 9.17) is 17.0 Å². The zero-order valence-electron chi connectivity index (χ0n) is 17.2. The third-order valence-corrected chi connectivity index (χ3v) is 6.64. The number of aryl methyl sites for hydroxylation is 1. The van der Waals surface area contributed by atoms with Crippen LogP contribution >= 0.6 is 12.2 Å². The van der Waals surface area contributed by atoms with Crippen LogP contribution in [0.4, 0.5) is 5.69 Å². The van der Waals surface area contributed by atoms with E-state index < -0.39 is 24.2 Å². The molecule has 1 aromatic rings. The molecule has 0 aromatic heterocycles. The SMILES string of the molecule is Cc1ccc(N2C(=S)NC3C(O)C(O)CC(C(=O)NCCN4CCOCC4)C32)cc1. The fourth-order valence-electron chi connectivity index (χ4n) is 4.64.